The van der Waals surface area contributed by atoms with E-state index in [0.717, 1.165) is 29.6 Å². The molecule has 0 radical (unpaired) electrons. The molecular weight excluding hydrogens is 316 g/mol. The van der Waals surface area contributed by atoms with Crippen LogP contribution in [0.1, 0.15) is 42.7 Å². The molecule has 2 aromatic rings. The van der Waals surface area contributed by atoms with E-state index in [1.54, 1.807) is 6.20 Å². The van der Waals surface area contributed by atoms with Gasteiger partial charge in [-0.2, -0.15) is 5.10 Å². The van der Waals surface area contributed by atoms with Crippen LogP contribution in [-0.2, 0) is 13.0 Å². The fraction of sp³-hybridized carbons (Fsp3) is 0.438. The number of aryl methyl sites for hydroxylation is 3. The van der Waals surface area contributed by atoms with Crippen molar-refractivity contribution in [2.75, 3.05) is 0 Å². The Labute approximate surface area is 128 Å². The Morgan fingerprint density at radius 3 is 2.80 bits per heavy atom. The first-order valence-corrected chi connectivity index (χ1v) is 7.86. The van der Waals surface area contributed by atoms with Gasteiger partial charge in [-0.1, -0.05) is 31.2 Å². The molecular formula is C16H21BrN2O. The summed E-state index contributed by atoms with van der Waals surface area (Å²) >= 11 is 3.49. The smallest absolute Gasteiger partial charge is 0.0971 e. The molecule has 1 heterocycles. The Bertz CT molecular complexity index is 565. The van der Waals surface area contributed by atoms with Gasteiger partial charge >= 0.3 is 0 Å². The summed E-state index contributed by atoms with van der Waals surface area (Å²) in [6.45, 7) is 5.06. The van der Waals surface area contributed by atoms with E-state index < -0.39 is 6.10 Å². The predicted octanol–water partition coefficient (Wildman–Crippen LogP) is 4.03. The quantitative estimate of drug-likeness (QED) is 0.864. The molecule has 1 atom stereocenters. The lowest BCUT2D eigenvalue weighted by molar-refractivity contribution is 0.155. The summed E-state index contributed by atoms with van der Waals surface area (Å²) in [6, 6.07) is 8.33. The third-order valence-corrected chi connectivity index (χ3v) is 4.14. The molecule has 0 saturated heterocycles. The maximum atomic E-state index is 10.5. The van der Waals surface area contributed by atoms with Crippen LogP contribution in [0.3, 0.4) is 0 Å². The number of aliphatic hydroxyl groups excluding tert-OH is 1. The minimum absolute atomic E-state index is 0.488. The second kappa shape index (κ2) is 7.04. The largest absolute Gasteiger partial charge is 0.387 e. The molecule has 3 nitrogen and oxygen atoms in total. The molecule has 1 aromatic carbocycles. The van der Waals surface area contributed by atoms with Crippen LogP contribution in [0.25, 0.3) is 0 Å². The molecule has 20 heavy (non-hydrogen) atoms. The van der Waals surface area contributed by atoms with Crippen LogP contribution in [0.4, 0.5) is 0 Å². The third kappa shape index (κ3) is 3.49. The standard InChI is InChI=1S/C16H21BrN2O/c1-3-10-19-16(14(17)11-18-19)15(20)9-8-13-7-5-4-6-12(13)2/h4-7,11,15,20H,3,8-10H2,1-2H3. The molecule has 1 aromatic heterocycles. The Morgan fingerprint density at radius 1 is 1.35 bits per heavy atom. The van der Waals surface area contributed by atoms with Gasteiger partial charge in [0.25, 0.3) is 0 Å². The third-order valence-electron chi connectivity index (χ3n) is 3.53. The van der Waals surface area contributed by atoms with E-state index in [0.29, 0.717) is 6.42 Å². The molecule has 0 spiro atoms. The first-order valence-electron chi connectivity index (χ1n) is 7.07. The van der Waals surface area contributed by atoms with Crippen LogP contribution in [-0.4, -0.2) is 14.9 Å². The maximum absolute atomic E-state index is 10.5. The molecule has 4 heteroatoms. The van der Waals surface area contributed by atoms with E-state index >= 15 is 0 Å². The first-order chi connectivity index (χ1) is 9.63. The predicted molar refractivity (Wildman–Crippen MR) is 84.7 cm³/mol. The monoisotopic (exact) mass is 336 g/mol. The lowest BCUT2D eigenvalue weighted by Crippen LogP contribution is -2.10. The lowest BCUT2D eigenvalue weighted by atomic mass is 10.0. The number of rotatable bonds is 6. The normalized spacial score (nSPS) is 12.6. The summed E-state index contributed by atoms with van der Waals surface area (Å²) in [5.41, 5.74) is 3.46. The Balaban J connectivity index is 2.07. The maximum Gasteiger partial charge on any atom is 0.0971 e. The van der Waals surface area contributed by atoms with Gasteiger partial charge in [-0.05, 0) is 53.2 Å². The van der Waals surface area contributed by atoms with Crippen molar-refractivity contribution in [3.05, 3.63) is 51.8 Å². The average molecular weight is 337 g/mol. The Kier molecular flexibility index (Phi) is 5.38. The molecule has 0 bridgehead atoms. The number of nitrogens with zero attached hydrogens (tertiary/aromatic N) is 2. The van der Waals surface area contributed by atoms with E-state index in [1.807, 2.05) is 16.8 Å². The van der Waals surface area contributed by atoms with Crippen LogP contribution in [0.15, 0.2) is 34.9 Å². The van der Waals surface area contributed by atoms with Gasteiger partial charge in [0.05, 0.1) is 22.5 Å². The van der Waals surface area contributed by atoms with E-state index in [2.05, 4.69) is 47.0 Å². The van der Waals surface area contributed by atoms with E-state index in [-0.39, 0.29) is 0 Å². The molecule has 1 unspecified atom stereocenters. The highest BCUT2D eigenvalue weighted by Crippen LogP contribution is 2.27. The highest BCUT2D eigenvalue weighted by molar-refractivity contribution is 9.10. The van der Waals surface area contributed by atoms with Crippen molar-refractivity contribution in [1.29, 1.82) is 0 Å². The zero-order valence-electron chi connectivity index (χ0n) is 12.0. The summed E-state index contributed by atoms with van der Waals surface area (Å²) in [6.07, 6.45) is 3.86. The summed E-state index contributed by atoms with van der Waals surface area (Å²) < 4.78 is 2.79. The van der Waals surface area contributed by atoms with Crippen molar-refractivity contribution >= 4 is 15.9 Å². The van der Waals surface area contributed by atoms with Gasteiger partial charge in [0.1, 0.15) is 0 Å². The summed E-state index contributed by atoms with van der Waals surface area (Å²) in [7, 11) is 0. The topological polar surface area (TPSA) is 38.0 Å². The van der Waals surface area contributed by atoms with Crippen molar-refractivity contribution < 1.29 is 5.11 Å². The van der Waals surface area contributed by atoms with Crippen LogP contribution in [0.2, 0.25) is 0 Å². The molecule has 0 fully saturated rings. The molecule has 0 saturated carbocycles. The molecule has 0 aliphatic heterocycles. The van der Waals surface area contributed by atoms with E-state index in [4.69, 9.17) is 0 Å². The fourth-order valence-corrected chi connectivity index (χ4v) is 2.97. The van der Waals surface area contributed by atoms with Crippen molar-refractivity contribution in [2.24, 2.45) is 0 Å². The lowest BCUT2D eigenvalue weighted by Gasteiger charge is -2.14. The second-order valence-corrected chi connectivity index (χ2v) is 5.94. The Morgan fingerprint density at radius 2 is 2.10 bits per heavy atom. The van der Waals surface area contributed by atoms with Crippen LogP contribution in [0.5, 0.6) is 0 Å². The zero-order chi connectivity index (χ0) is 14.5. The fourth-order valence-electron chi connectivity index (χ4n) is 2.41. The summed E-state index contributed by atoms with van der Waals surface area (Å²) in [5.74, 6) is 0. The van der Waals surface area contributed by atoms with Crippen LogP contribution >= 0.6 is 15.9 Å². The SMILES string of the molecule is CCCn1ncc(Br)c1C(O)CCc1ccccc1C. The number of aromatic nitrogens is 2. The Hall–Kier alpha value is -1.13. The molecule has 0 aliphatic carbocycles. The van der Waals surface area contributed by atoms with Gasteiger partial charge in [-0.3, -0.25) is 4.68 Å². The summed E-state index contributed by atoms with van der Waals surface area (Å²) in [5, 5.41) is 14.8. The van der Waals surface area contributed by atoms with Crippen molar-refractivity contribution in [3.63, 3.8) is 0 Å². The molecule has 0 aliphatic rings. The van der Waals surface area contributed by atoms with Gasteiger partial charge in [0, 0.05) is 6.54 Å². The molecule has 2 rings (SSSR count). The zero-order valence-corrected chi connectivity index (χ0v) is 13.6. The number of hydrogen-bond acceptors (Lipinski definition) is 2. The van der Waals surface area contributed by atoms with Gasteiger partial charge in [-0.25, -0.2) is 0 Å². The van der Waals surface area contributed by atoms with Crippen molar-refractivity contribution in [1.82, 2.24) is 9.78 Å². The highest BCUT2D eigenvalue weighted by atomic mass is 79.9. The number of aliphatic hydroxyl groups is 1. The van der Waals surface area contributed by atoms with Crippen LogP contribution < -0.4 is 0 Å². The minimum atomic E-state index is -0.488. The number of benzene rings is 1. The van der Waals surface area contributed by atoms with E-state index in [1.165, 1.54) is 11.1 Å². The second-order valence-electron chi connectivity index (χ2n) is 5.08. The van der Waals surface area contributed by atoms with E-state index in [9.17, 15) is 5.11 Å². The number of halogens is 1. The van der Waals surface area contributed by atoms with Crippen LogP contribution in [0, 0.1) is 6.92 Å². The van der Waals surface area contributed by atoms with Gasteiger partial charge in [0.15, 0.2) is 0 Å². The highest BCUT2D eigenvalue weighted by Gasteiger charge is 2.17. The number of hydrogen-bond donors (Lipinski definition) is 1. The van der Waals surface area contributed by atoms with Gasteiger partial charge < -0.3 is 5.11 Å². The average Bonchev–Trinajstić information content (AvgIpc) is 2.79. The van der Waals surface area contributed by atoms with Gasteiger partial charge in [0.2, 0.25) is 0 Å². The molecule has 1 N–H and O–H groups in total. The summed E-state index contributed by atoms with van der Waals surface area (Å²) in [4.78, 5) is 0. The van der Waals surface area contributed by atoms with Crippen molar-refractivity contribution in [2.45, 2.75) is 45.8 Å². The van der Waals surface area contributed by atoms with Gasteiger partial charge in [-0.15, -0.1) is 0 Å². The molecule has 108 valence electrons. The molecule has 0 amide bonds. The minimum Gasteiger partial charge on any atom is -0.387 e. The van der Waals surface area contributed by atoms with Crippen molar-refractivity contribution in [3.8, 4) is 0 Å². The first kappa shape index (κ1) is 15.3.